The average molecular weight is 442 g/mol. The molecule has 164 valence electrons. The molecule has 31 heavy (non-hydrogen) atoms. The Morgan fingerprint density at radius 2 is 1.74 bits per heavy atom. The number of piperidine rings is 1. The van der Waals surface area contributed by atoms with Gasteiger partial charge in [0.15, 0.2) is 0 Å². The number of rotatable bonds is 6. The van der Waals surface area contributed by atoms with Gasteiger partial charge in [-0.2, -0.15) is 9.29 Å². The summed E-state index contributed by atoms with van der Waals surface area (Å²) in [6, 6.07) is 14.7. The second kappa shape index (κ2) is 8.80. The van der Waals surface area contributed by atoms with Gasteiger partial charge in [0.05, 0.1) is 17.6 Å². The van der Waals surface area contributed by atoms with E-state index in [9.17, 15) is 8.42 Å². The number of hydrogen-bond donors (Lipinski definition) is 0. The Morgan fingerprint density at radius 3 is 2.39 bits per heavy atom. The summed E-state index contributed by atoms with van der Waals surface area (Å²) >= 11 is 0. The molecule has 7 nitrogen and oxygen atoms in total. The van der Waals surface area contributed by atoms with Crippen molar-refractivity contribution < 1.29 is 17.7 Å². The highest BCUT2D eigenvalue weighted by Crippen LogP contribution is 2.33. The summed E-state index contributed by atoms with van der Waals surface area (Å²) in [7, 11) is -1.90. The lowest BCUT2D eigenvalue weighted by Crippen LogP contribution is -2.37. The van der Waals surface area contributed by atoms with E-state index in [1.807, 2.05) is 36.4 Å². The monoisotopic (exact) mass is 441 g/mol. The lowest BCUT2D eigenvalue weighted by atomic mass is 9.98. The van der Waals surface area contributed by atoms with Gasteiger partial charge in [0.2, 0.25) is 21.7 Å². The van der Waals surface area contributed by atoms with Crippen molar-refractivity contribution in [3.05, 3.63) is 60.0 Å². The van der Waals surface area contributed by atoms with Gasteiger partial charge in [0, 0.05) is 19.0 Å². The third-order valence-electron chi connectivity index (χ3n) is 5.78. The first-order valence-corrected chi connectivity index (χ1v) is 11.9. The van der Waals surface area contributed by atoms with Gasteiger partial charge < -0.3 is 9.26 Å². The Kier molecular flexibility index (Phi) is 6.11. The summed E-state index contributed by atoms with van der Waals surface area (Å²) in [6.45, 7) is 5.02. The summed E-state index contributed by atoms with van der Waals surface area (Å²) in [6.07, 6.45) is 1.27. The van der Waals surface area contributed by atoms with Crippen LogP contribution in [0, 0.1) is 0 Å². The van der Waals surface area contributed by atoms with E-state index in [0.29, 0.717) is 54.2 Å². The molecule has 2 aromatic carbocycles. The largest absolute Gasteiger partial charge is 0.496 e. The van der Waals surface area contributed by atoms with Crippen LogP contribution in [0.4, 0.5) is 0 Å². The van der Waals surface area contributed by atoms with Gasteiger partial charge in [-0.05, 0) is 48.6 Å². The number of aromatic nitrogens is 2. The van der Waals surface area contributed by atoms with Crippen molar-refractivity contribution >= 4 is 10.0 Å². The van der Waals surface area contributed by atoms with Crippen LogP contribution in [-0.4, -0.2) is 43.1 Å². The first kappa shape index (κ1) is 21.5. The summed E-state index contributed by atoms with van der Waals surface area (Å²) in [5, 5.41) is 4.11. The van der Waals surface area contributed by atoms with Crippen molar-refractivity contribution in [3.8, 4) is 17.1 Å². The quantitative estimate of drug-likeness (QED) is 0.562. The molecule has 4 rings (SSSR count). The Hall–Kier alpha value is -2.71. The predicted molar refractivity (Wildman–Crippen MR) is 118 cm³/mol. The second-order valence-corrected chi connectivity index (χ2v) is 10.00. The Balaban J connectivity index is 1.45. The number of para-hydroxylation sites is 1. The Bertz CT molecular complexity index is 1130. The summed E-state index contributed by atoms with van der Waals surface area (Å²) in [4.78, 5) is 4.90. The minimum atomic E-state index is -3.51. The van der Waals surface area contributed by atoms with Crippen LogP contribution in [0.3, 0.4) is 0 Å². The maximum absolute atomic E-state index is 13.0. The minimum absolute atomic E-state index is 0.0331. The van der Waals surface area contributed by atoms with Crippen LogP contribution in [-0.2, 0) is 10.0 Å². The molecule has 0 spiro atoms. The zero-order chi connectivity index (χ0) is 22.0. The van der Waals surface area contributed by atoms with Crippen LogP contribution in [0.5, 0.6) is 5.75 Å². The third kappa shape index (κ3) is 4.36. The fourth-order valence-corrected chi connectivity index (χ4v) is 5.33. The number of hydrogen-bond acceptors (Lipinski definition) is 6. The molecule has 0 saturated carbocycles. The molecule has 0 amide bonds. The van der Waals surface area contributed by atoms with E-state index in [2.05, 4.69) is 24.0 Å². The van der Waals surface area contributed by atoms with E-state index in [1.165, 1.54) is 0 Å². The maximum atomic E-state index is 13.0. The summed E-state index contributed by atoms with van der Waals surface area (Å²) in [5.74, 6) is 2.10. The molecule has 0 bridgehead atoms. The number of nitrogens with zero attached hydrogens (tertiary/aromatic N) is 3. The van der Waals surface area contributed by atoms with Crippen LogP contribution in [0.25, 0.3) is 11.4 Å². The van der Waals surface area contributed by atoms with Crippen molar-refractivity contribution in [2.45, 2.75) is 43.4 Å². The fourth-order valence-electron chi connectivity index (χ4n) is 3.86. The van der Waals surface area contributed by atoms with Crippen molar-refractivity contribution in [3.63, 3.8) is 0 Å². The van der Waals surface area contributed by atoms with Crippen molar-refractivity contribution in [2.75, 3.05) is 20.2 Å². The molecule has 1 aliphatic rings. The van der Waals surface area contributed by atoms with Crippen LogP contribution < -0.4 is 4.74 Å². The van der Waals surface area contributed by atoms with Crippen LogP contribution in [0.1, 0.15) is 50.0 Å². The molecular weight excluding hydrogens is 414 g/mol. The van der Waals surface area contributed by atoms with Gasteiger partial charge in [-0.15, -0.1) is 0 Å². The van der Waals surface area contributed by atoms with Gasteiger partial charge in [0.25, 0.3) is 0 Å². The van der Waals surface area contributed by atoms with Crippen LogP contribution in [0.2, 0.25) is 0 Å². The van der Waals surface area contributed by atoms with Gasteiger partial charge in [-0.1, -0.05) is 43.3 Å². The molecule has 1 saturated heterocycles. The Labute approximate surface area is 183 Å². The van der Waals surface area contributed by atoms with Gasteiger partial charge in [-0.3, -0.25) is 0 Å². The minimum Gasteiger partial charge on any atom is -0.496 e. The molecular formula is C23H27N3O4S. The molecule has 1 fully saturated rings. The van der Waals surface area contributed by atoms with Crippen molar-refractivity contribution in [2.24, 2.45) is 0 Å². The maximum Gasteiger partial charge on any atom is 0.243 e. The van der Waals surface area contributed by atoms with E-state index >= 15 is 0 Å². The normalized spacial score (nSPS) is 16.0. The number of sulfonamides is 1. The lowest BCUT2D eigenvalue weighted by Gasteiger charge is -2.29. The van der Waals surface area contributed by atoms with E-state index in [1.54, 1.807) is 23.5 Å². The zero-order valence-corrected chi connectivity index (χ0v) is 18.8. The third-order valence-corrected chi connectivity index (χ3v) is 7.69. The van der Waals surface area contributed by atoms with Gasteiger partial charge >= 0.3 is 0 Å². The van der Waals surface area contributed by atoms with Gasteiger partial charge in [0.1, 0.15) is 5.75 Å². The molecule has 1 aromatic heterocycles. The highest BCUT2D eigenvalue weighted by molar-refractivity contribution is 7.89. The smallest absolute Gasteiger partial charge is 0.243 e. The van der Waals surface area contributed by atoms with E-state index in [4.69, 9.17) is 9.26 Å². The first-order valence-electron chi connectivity index (χ1n) is 10.5. The van der Waals surface area contributed by atoms with Crippen LogP contribution in [0.15, 0.2) is 57.9 Å². The molecule has 0 N–H and O–H groups in total. The SMILES string of the molecule is COc1ccccc1-c1noc(C2CCN(S(=O)(=O)c3ccc(C(C)C)cc3)CC2)n1. The molecule has 0 unspecified atom stereocenters. The van der Waals surface area contributed by atoms with Crippen LogP contribution >= 0.6 is 0 Å². The molecule has 2 heterocycles. The predicted octanol–water partition coefficient (Wildman–Crippen LogP) is 4.44. The summed E-state index contributed by atoms with van der Waals surface area (Å²) in [5.41, 5.74) is 1.89. The number of ether oxygens (including phenoxy) is 1. The zero-order valence-electron chi connectivity index (χ0n) is 18.0. The highest BCUT2D eigenvalue weighted by Gasteiger charge is 2.32. The Morgan fingerprint density at radius 1 is 1.06 bits per heavy atom. The van der Waals surface area contributed by atoms with E-state index in [-0.39, 0.29) is 5.92 Å². The topological polar surface area (TPSA) is 85.5 Å². The second-order valence-electron chi connectivity index (χ2n) is 8.06. The molecule has 8 heteroatoms. The first-order chi connectivity index (χ1) is 14.9. The van der Waals surface area contributed by atoms with Crippen molar-refractivity contribution in [1.82, 2.24) is 14.4 Å². The highest BCUT2D eigenvalue weighted by atomic mass is 32.2. The fraction of sp³-hybridized carbons (Fsp3) is 0.391. The standard InChI is InChI=1S/C23H27N3O4S/c1-16(2)17-8-10-19(11-9-17)31(27,28)26-14-12-18(13-15-26)23-24-22(25-30-23)20-6-4-5-7-21(20)29-3/h4-11,16,18H,12-15H2,1-3H3. The molecule has 0 radical (unpaired) electrons. The molecule has 1 aliphatic heterocycles. The molecule has 3 aromatic rings. The van der Waals surface area contributed by atoms with Gasteiger partial charge in [-0.25, -0.2) is 8.42 Å². The molecule has 0 atom stereocenters. The average Bonchev–Trinajstić information content (AvgIpc) is 3.29. The number of methoxy groups -OCH3 is 1. The van der Waals surface area contributed by atoms with Crippen molar-refractivity contribution in [1.29, 1.82) is 0 Å². The molecule has 0 aliphatic carbocycles. The number of benzene rings is 2. The lowest BCUT2D eigenvalue weighted by molar-refractivity contribution is 0.270. The van der Waals surface area contributed by atoms with E-state index in [0.717, 1.165) is 11.1 Å². The summed E-state index contributed by atoms with van der Waals surface area (Å²) < 4.78 is 38.5. The van der Waals surface area contributed by atoms with E-state index < -0.39 is 10.0 Å².